The number of aliphatic imine (C=N–C) groups is 1. The smallest absolute Gasteiger partial charge is 0.321 e. The Morgan fingerprint density at radius 1 is 1.00 bits per heavy atom. The van der Waals surface area contributed by atoms with Crippen molar-refractivity contribution in [2.45, 2.75) is 70.6 Å². The maximum Gasteiger partial charge on any atom is 0.321 e. The van der Waals surface area contributed by atoms with Crippen LogP contribution in [-0.4, -0.2) is 48.0 Å². The van der Waals surface area contributed by atoms with E-state index in [4.69, 9.17) is 4.99 Å². The number of urea groups is 1. The highest BCUT2D eigenvalue weighted by molar-refractivity contribution is 6.12. The number of fused-ring (bicyclic) bond motifs is 2. The summed E-state index contributed by atoms with van der Waals surface area (Å²) in [4.78, 5) is 35.2. The first kappa shape index (κ1) is 22.4. The topological polar surface area (TPSA) is 77.0 Å². The van der Waals surface area contributed by atoms with Gasteiger partial charge in [0.2, 0.25) is 6.17 Å². The van der Waals surface area contributed by atoms with E-state index in [1.54, 1.807) is 11.9 Å². The minimum atomic E-state index is -1.01. The first-order chi connectivity index (χ1) is 16.4. The maximum atomic E-state index is 13.4. The third kappa shape index (κ3) is 4.15. The molecule has 2 N–H and O–H groups in total. The fraction of sp³-hybridized carbons (Fsp3) is 0.444. The zero-order valence-corrected chi connectivity index (χ0v) is 20.2. The van der Waals surface area contributed by atoms with Gasteiger partial charge in [-0.05, 0) is 87.8 Å². The molecule has 7 nitrogen and oxygen atoms in total. The third-order valence-corrected chi connectivity index (χ3v) is 7.38. The fourth-order valence-electron chi connectivity index (χ4n) is 5.58. The van der Waals surface area contributed by atoms with E-state index in [0.29, 0.717) is 12.1 Å². The predicted octanol–water partition coefficient (Wildman–Crippen LogP) is 4.31. The molecule has 2 aromatic carbocycles. The van der Waals surface area contributed by atoms with Crippen LogP contribution in [0.2, 0.25) is 0 Å². The van der Waals surface area contributed by atoms with Crippen molar-refractivity contribution in [3.63, 3.8) is 0 Å². The van der Waals surface area contributed by atoms with E-state index in [1.165, 1.54) is 17.5 Å². The van der Waals surface area contributed by atoms with Gasteiger partial charge < -0.3 is 20.4 Å². The molecule has 3 amide bonds. The van der Waals surface area contributed by atoms with Crippen LogP contribution in [0.25, 0.3) is 0 Å². The molecule has 1 aliphatic carbocycles. The number of rotatable bonds is 2. The average Bonchev–Trinajstić information content (AvgIpc) is 3.26. The maximum absolute atomic E-state index is 13.4. The highest BCUT2D eigenvalue weighted by Crippen LogP contribution is 2.31. The van der Waals surface area contributed by atoms with Crippen LogP contribution in [0.1, 0.15) is 56.2 Å². The highest BCUT2D eigenvalue weighted by Gasteiger charge is 2.36. The summed E-state index contributed by atoms with van der Waals surface area (Å²) in [5, 5.41) is 5.74. The number of piperidine rings is 1. The Labute approximate surface area is 201 Å². The summed E-state index contributed by atoms with van der Waals surface area (Å²) in [6, 6.07) is 14.1. The summed E-state index contributed by atoms with van der Waals surface area (Å²) in [6.07, 6.45) is 5.60. The first-order valence-electron chi connectivity index (χ1n) is 12.3. The number of carbonyl (C=O) groups is 2. The molecule has 7 heteroatoms. The third-order valence-electron chi connectivity index (χ3n) is 7.38. The number of benzene rings is 2. The van der Waals surface area contributed by atoms with Gasteiger partial charge in [-0.25, -0.2) is 9.79 Å². The molecular weight excluding hydrogens is 426 g/mol. The van der Waals surface area contributed by atoms with Crippen molar-refractivity contribution in [2.75, 3.05) is 17.3 Å². The van der Waals surface area contributed by atoms with E-state index >= 15 is 0 Å². The van der Waals surface area contributed by atoms with Gasteiger partial charge in [0, 0.05) is 30.4 Å². The van der Waals surface area contributed by atoms with E-state index in [1.807, 2.05) is 36.4 Å². The monoisotopic (exact) mass is 459 g/mol. The number of anilines is 2. The summed E-state index contributed by atoms with van der Waals surface area (Å²) >= 11 is 0. The molecule has 2 aliphatic heterocycles. The van der Waals surface area contributed by atoms with Gasteiger partial charge in [-0.1, -0.05) is 18.2 Å². The van der Waals surface area contributed by atoms with Crippen LogP contribution in [0, 0.1) is 0 Å². The van der Waals surface area contributed by atoms with Crippen molar-refractivity contribution in [3.05, 3.63) is 59.2 Å². The normalized spacial score (nSPS) is 24.1. The quantitative estimate of drug-likeness (QED) is 0.703. The van der Waals surface area contributed by atoms with Gasteiger partial charge in [0.05, 0.1) is 5.69 Å². The minimum absolute atomic E-state index is 0.260. The molecule has 0 spiro atoms. The van der Waals surface area contributed by atoms with Crippen molar-refractivity contribution < 1.29 is 9.59 Å². The molecule has 34 heavy (non-hydrogen) atoms. The number of benzodiazepines with no additional fused rings is 1. The van der Waals surface area contributed by atoms with Crippen LogP contribution < -0.4 is 15.5 Å². The number of para-hydroxylation sites is 1. The van der Waals surface area contributed by atoms with E-state index in [2.05, 4.69) is 35.4 Å². The van der Waals surface area contributed by atoms with Gasteiger partial charge in [-0.3, -0.25) is 4.79 Å². The summed E-state index contributed by atoms with van der Waals surface area (Å²) in [7, 11) is 1.75. The van der Waals surface area contributed by atoms with Gasteiger partial charge in [0.1, 0.15) is 5.84 Å². The highest BCUT2D eigenvalue weighted by atomic mass is 16.2. The number of nitrogens with one attached hydrogen (secondary N) is 2. The molecule has 1 fully saturated rings. The molecule has 3 atom stereocenters. The van der Waals surface area contributed by atoms with Gasteiger partial charge in [0.15, 0.2) is 0 Å². The molecule has 2 unspecified atom stereocenters. The summed E-state index contributed by atoms with van der Waals surface area (Å²) in [6.45, 7) is 4.42. The van der Waals surface area contributed by atoms with Crippen molar-refractivity contribution in [3.8, 4) is 0 Å². The van der Waals surface area contributed by atoms with E-state index in [0.717, 1.165) is 54.9 Å². The molecule has 0 aromatic heterocycles. The summed E-state index contributed by atoms with van der Waals surface area (Å²) in [5.41, 5.74) is 5.09. The van der Waals surface area contributed by atoms with Crippen LogP contribution in [0.3, 0.4) is 0 Å². The van der Waals surface area contributed by atoms with Gasteiger partial charge in [-0.15, -0.1) is 0 Å². The Bertz CT molecular complexity index is 1130. The van der Waals surface area contributed by atoms with Crippen molar-refractivity contribution >= 4 is 29.1 Å². The SMILES string of the molecule is CC1CCCC(C)N1C1=N[C@@H](NC(=O)Nc2ccc3c(c2)CCC3)C(=O)N(C)c2ccccc21. The number of hydrogen-bond acceptors (Lipinski definition) is 4. The number of aryl methyl sites for hydroxylation is 2. The minimum Gasteiger partial charge on any atom is -0.351 e. The van der Waals surface area contributed by atoms with Crippen LogP contribution in [0.15, 0.2) is 47.5 Å². The lowest BCUT2D eigenvalue weighted by Crippen LogP contribution is -2.50. The molecule has 0 bridgehead atoms. The van der Waals surface area contributed by atoms with E-state index in [-0.39, 0.29) is 5.91 Å². The second-order valence-corrected chi connectivity index (χ2v) is 9.74. The van der Waals surface area contributed by atoms with Crippen LogP contribution in [0.4, 0.5) is 16.2 Å². The number of hydrogen-bond donors (Lipinski definition) is 2. The summed E-state index contributed by atoms with van der Waals surface area (Å²) < 4.78 is 0. The van der Waals surface area contributed by atoms with Gasteiger partial charge in [0.25, 0.3) is 5.91 Å². The van der Waals surface area contributed by atoms with Crippen LogP contribution in [-0.2, 0) is 17.6 Å². The second-order valence-electron chi connectivity index (χ2n) is 9.74. The molecule has 5 rings (SSSR count). The number of likely N-dealkylation sites (N-methyl/N-ethyl adjacent to an activating group) is 1. The van der Waals surface area contributed by atoms with E-state index in [9.17, 15) is 9.59 Å². The van der Waals surface area contributed by atoms with Gasteiger partial charge >= 0.3 is 6.03 Å². The lowest BCUT2D eigenvalue weighted by molar-refractivity contribution is -0.119. The first-order valence-corrected chi connectivity index (χ1v) is 12.3. The molecular formula is C27H33N5O2. The molecule has 0 saturated carbocycles. The summed E-state index contributed by atoms with van der Waals surface area (Å²) in [5.74, 6) is 0.514. The number of nitrogens with zero attached hydrogens (tertiary/aromatic N) is 3. The fourth-order valence-corrected chi connectivity index (χ4v) is 5.58. The molecule has 3 aliphatic rings. The lowest BCUT2D eigenvalue weighted by Gasteiger charge is -2.41. The van der Waals surface area contributed by atoms with Crippen LogP contribution in [0.5, 0.6) is 0 Å². The molecule has 178 valence electrons. The van der Waals surface area contributed by atoms with E-state index < -0.39 is 12.2 Å². The number of likely N-dealkylation sites (tertiary alicyclic amines) is 1. The zero-order valence-electron chi connectivity index (χ0n) is 20.2. The van der Waals surface area contributed by atoms with Gasteiger partial charge in [-0.2, -0.15) is 0 Å². The Kier molecular flexibility index (Phi) is 6.02. The standard InChI is InChI=1S/C27H33N5O2/c1-17-8-6-9-18(2)32(17)25-22-12-4-5-13-23(22)31(3)26(33)24(29-25)30-27(34)28-21-15-14-19-10-7-11-20(19)16-21/h4-5,12-18,24H,6-11H2,1-3H3,(H2,28,30,34)/t17?,18?,24-/m0/s1. The lowest BCUT2D eigenvalue weighted by atomic mass is 9.95. The molecule has 1 saturated heterocycles. The predicted molar refractivity (Wildman–Crippen MR) is 135 cm³/mol. The largest absolute Gasteiger partial charge is 0.351 e. The van der Waals surface area contributed by atoms with Crippen LogP contribution >= 0.6 is 0 Å². The molecule has 2 heterocycles. The number of carbonyl (C=O) groups excluding carboxylic acids is 2. The number of amidine groups is 1. The second kappa shape index (κ2) is 9.12. The van der Waals surface area contributed by atoms with Crippen molar-refractivity contribution in [1.82, 2.24) is 10.2 Å². The Morgan fingerprint density at radius 3 is 2.53 bits per heavy atom. The van der Waals surface area contributed by atoms with Crippen molar-refractivity contribution in [1.29, 1.82) is 0 Å². The molecule has 2 aromatic rings. The number of amides is 3. The Morgan fingerprint density at radius 2 is 1.74 bits per heavy atom. The average molecular weight is 460 g/mol. The Hall–Kier alpha value is -3.35. The zero-order chi connectivity index (χ0) is 23.8. The molecule has 0 radical (unpaired) electrons. The Balaban J connectivity index is 1.45. The van der Waals surface area contributed by atoms with Crippen molar-refractivity contribution in [2.24, 2.45) is 4.99 Å².